The average Bonchev–Trinajstić information content (AvgIpc) is 3.49. The molecule has 2 heterocycles. The summed E-state index contributed by atoms with van der Waals surface area (Å²) in [5.74, 6) is 2.39. The normalized spacial score (nSPS) is 21.5. The fourth-order valence-corrected chi connectivity index (χ4v) is 4.91. The molecule has 1 aromatic rings. The fraction of sp³-hybridized carbons (Fsp3) is 0.750. The first-order valence-corrected chi connectivity index (χ1v) is 12.3. The zero-order valence-corrected chi connectivity index (χ0v) is 19.6. The molecule has 174 valence electrons. The van der Waals surface area contributed by atoms with Crippen molar-refractivity contribution in [3.8, 4) is 0 Å². The SMILES string of the molecule is CCNC(=NCC(c1ccco1)N(CC)CC)NC1CCN(C(=O)C2CCCCC2)C1. The number of likely N-dealkylation sites (N-methyl/N-ethyl adjacent to an activating group) is 1. The molecule has 7 heteroatoms. The van der Waals surface area contributed by atoms with Crippen molar-refractivity contribution in [2.24, 2.45) is 10.9 Å². The molecule has 1 saturated carbocycles. The van der Waals surface area contributed by atoms with Gasteiger partial charge in [-0.15, -0.1) is 0 Å². The van der Waals surface area contributed by atoms with E-state index in [9.17, 15) is 4.79 Å². The van der Waals surface area contributed by atoms with E-state index in [1.54, 1.807) is 6.26 Å². The Bertz CT molecular complexity index is 680. The summed E-state index contributed by atoms with van der Waals surface area (Å²) >= 11 is 0. The summed E-state index contributed by atoms with van der Waals surface area (Å²) in [6, 6.07) is 4.34. The second-order valence-corrected chi connectivity index (χ2v) is 8.72. The van der Waals surface area contributed by atoms with Gasteiger partial charge in [-0.1, -0.05) is 33.1 Å². The zero-order chi connectivity index (χ0) is 22.1. The molecule has 7 nitrogen and oxygen atoms in total. The summed E-state index contributed by atoms with van der Waals surface area (Å²) in [6.45, 7) is 11.4. The Morgan fingerprint density at radius 3 is 2.65 bits per heavy atom. The minimum atomic E-state index is 0.119. The third-order valence-electron chi connectivity index (χ3n) is 6.69. The third-order valence-corrected chi connectivity index (χ3v) is 6.69. The number of guanidine groups is 1. The van der Waals surface area contributed by atoms with Crippen molar-refractivity contribution < 1.29 is 9.21 Å². The van der Waals surface area contributed by atoms with Crippen molar-refractivity contribution in [3.63, 3.8) is 0 Å². The molecule has 2 fully saturated rings. The highest BCUT2D eigenvalue weighted by Gasteiger charge is 2.32. The molecular formula is C24H41N5O2. The van der Waals surface area contributed by atoms with Crippen LogP contribution in [0.3, 0.4) is 0 Å². The Balaban J connectivity index is 1.59. The highest BCUT2D eigenvalue weighted by Crippen LogP contribution is 2.27. The van der Waals surface area contributed by atoms with Crippen LogP contribution in [0, 0.1) is 5.92 Å². The number of nitrogens with zero attached hydrogens (tertiary/aromatic N) is 3. The maximum atomic E-state index is 12.9. The first-order valence-electron chi connectivity index (χ1n) is 12.3. The summed E-state index contributed by atoms with van der Waals surface area (Å²) in [5, 5.41) is 6.95. The van der Waals surface area contributed by atoms with Gasteiger partial charge in [0.2, 0.25) is 5.91 Å². The second kappa shape index (κ2) is 12.1. The quantitative estimate of drug-likeness (QED) is 0.463. The average molecular weight is 432 g/mol. The number of hydrogen-bond acceptors (Lipinski definition) is 4. The van der Waals surface area contributed by atoms with E-state index in [0.29, 0.717) is 12.5 Å². The fourth-order valence-electron chi connectivity index (χ4n) is 4.91. The standard InChI is InChI=1S/C24H41N5O2/c1-4-25-24(26-17-21(28(5-2)6-3)22-13-10-16-31-22)27-20-14-15-29(18-20)23(30)19-11-8-7-9-12-19/h10,13,16,19-21H,4-9,11-12,14-15,17-18H2,1-3H3,(H2,25,26,27). The molecule has 1 aromatic heterocycles. The number of amides is 1. The van der Waals surface area contributed by atoms with E-state index >= 15 is 0 Å². The third kappa shape index (κ3) is 6.48. The number of carbonyl (C=O) groups excluding carboxylic acids is 1. The van der Waals surface area contributed by atoms with Crippen molar-refractivity contribution in [1.82, 2.24) is 20.4 Å². The molecule has 0 aromatic carbocycles. The molecule has 0 bridgehead atoms. The molecule has 1 amide bonds. The Hall–Kier alpha value is -2.02. The van der Waals surface area contributed by atoms with Crippen molar-refractivity contribution in [3.05, 3.63) is 24.2 Å². The lowest BCUT2D eigenvalue weighted by Crippen LogP contribution is -2.46. The van der Waals surface area contributed by atoms with Crippen LogP contribution in [0.1, 0.15) is 71.1 Å². The van der Waals surface area contributed by atoms with Gasteiger partial charge in [0.1, 0.15) is 5.76 Å². The summed E-state index contributed by atoms with van der Waals surface area (Å²) < 4.78 is 5.71. The zero-order valence-electron chi connectivity index (χ0n) is 19.6. The van der Waals surface area contributed by atoms with Crippen molar-refractivity contribution in [1.29, 1.82) is 0 Å². The molecule has 0 spiro atoms. The van der Waals surface area contributed by atoms with Crippen LogP contribution in [-0.2, 0) is 4.79 Å². The Morgan fingerprint density at radius 1 is 1.23 bits per heavy atom. The van der Waals surface area contributed by atoms with Gasteiger partial charge in [0.25, 0.3) is 0 Å². The summed E-state index contributed by atoms with van der Waals surface area (Å²) in [5.41, 5.74) is 0. The van der Waals surface area contributed by atoms with E-state index in [-0.39, 0.29) is 18.0 Å². The van der Waals surface area contributed by atoms with E-state index in [2.05, 4.69) is 41.2 Å². The number of carbonyl (C=O) groups is 1. The van der Waals surface area contributed by atoms with E-state index in [1.165, 1.54) is 19.3 Å². The minimum Gasteiger partial charge on any atom is -0.468 e. The molecule has 1 saturated heterocycles. The summed E-state index contributed by atoms with van der Waals surface area (Å²) in [4.78, 5) is 22.2. The minimum absolute atomic E-state index is 0.119. The molecule has 2 unspecified atom stereocenters. The number of furan rings is 1. The highest BCUT2D eigenvalue weighted by atomic mass is 16.3. The number of rotatable bonds is 9. The van der Waals surface area contributed by atoms with Gasteiger partial charge in [-0.3, -0.25) is 14.7 Å². The van der Waals surface area contributed by atoms with Gasteiger partial charge in [-0.25, -0.2) is 0 Å². The van der Waals surface area contributed by atoms with Crippen molar-refractivity contribution in [2.45, 2.75) is 71.4 Å². The summed E-state index contributed by atoms with van der Waals surface area (Å²) in [7, 11) is 0. The van der Waals surface area contributed by atoms with Crippen LogP contribution in [0.2, 0.25) is 0 Å². The van der Waals surface area contributed by atoms with E-state index < -0.39 is 0 Å². The van der Waals surface area contributed by atoms with Gasteiger partial charge >= 0.3 is 0 Å². The monoisotopic (exact) mass is 431 g/mol. The lowest BCUT2D eigenvalue weighted by atomic mass is 9.88. The van der Waals surface area contributed by atoms with Crippen LogP contribution in [0.25, 0.3) is 0 Å². The summed E-state index contributed by atoms with van der Waals surface area (Å²) in [6.07, 6.45) is 8.52. The molecule has 1 aliphatic heterocycles. The smallest absolute Gasteiger partial charge is 0.225 e. The number of likely N-dealkylation sites (tertiary alicyclic amines) is 1. The number of hydrogen-bond donors (Lipinski definition) is 2. The molecule has 3 rings (SSSR count). The first kappa shape index (κ1) is 23.6. The lowest BCUT2D eigenvalue weighted by molar-refractivity contribution is -0.135. The lowest BCUT2D eigenvalue weighted by Gasteiger charge is -2.27. The molecule has 0 radical (unpaired) electrons. The molecule has 2 atom stereocenters. The van der Waals surface area contributed by atoms with Crippen LogP contribution < -0.4 is 10.6 Å². The van der Waals surface area contributed by atoms with Crippen LogP contribution in [0.4, 0.5) is 0 Å². The van der Waals surface area contributed by atoms with Crippen LogP contribution in [0.5, 0.6) is 0 Å². The maximum Gasteiger partial charge on any atom is 0.225 e. The molecule has 2 N–H and O–H groups in total. The maximum absolute atomic E-state index is 12.9. The Kier molecular flexibility index (Phi) is 9.25. The molecule has 2 aliphatic rings. The highest BCUT2D eigenvalue weighted by molar-refractivity contribution is 5.81. The van der Waals surface area contributed by atoms with Gasteiger partial charge in [0.05, 0.1) is 18.8 Å². The van der Waals surface area contributed by atoms with Gasteiger partial charge in [-0.2, -0.15) is 0 Å². The molecular weight excluding hydrogens is 390 g/mol. The van der Waals surface area contributed by atoms with Crippen LogP contribution in [-0.4, -0.2) is 67.0 Å². The number of aliphatic imine (C=N–C) groups is 1. The Labute approximate surface area is 187 Å². The van der Waals surface area contributed by atoms with Crippen LogP contribution in [0.15, 0.2) is 27.8 Å². The van der Waals surface area contributed by atoms with Crippen molar-refractivity contribution >= 4 is 11.9 Å². The van der Waals surface area contributed by atoms with Crippen LogP contribution >= 0.6 is 0 Å². The first-order chi connectivity index (χ1) is 15.2. The van der Waals surface area contributed by atoms with E-state index in [0.717, 1.165) is 63.7 Å². The Morgan fingerprint density at radius 2 is 2.00 bits per heavy atom. The second-order valence-electron chi connectivity index (χ2n) is 8.72. The van der Waals surface area contributed by atoms with Gasteiger partial charge in [-0.05, 0) is 51.4 Å². The topological polar surface area (TPSA) is 73.1 Å². The number of nitrogens with one attached hydrogen (secondary N) is 2. The predicted octanol–water partition coefficient (Wildman–Crippen LogP) is 3.40. The van der Waals surface area contributed by atoms with Gasteiger partial charge < -0.3 is 20.0 Å². The van der Waals surface area contributed by atoms with Gasteiger partial charge in [0, 0.05) is 31.6 Å². The van der Waals surface area contributed by atoms with E-state index in [4.69, 9.17) is 9.41 Å². The van der Waals surface area contributed by atoms with E-state index in [1.807, 2.05) is 12.1 Å². The predicted molar refractivity (Wildman–Crippen MR) is 125 cm³/mol. The van der Waals surface area contributed by atoms with Gasteiger partial charge in [0.15, 0.2) is 5.96 Å². The molecule has 31 heavy (non-hydrogen) atoms. The molecule has 1 aliphatic carbocycles. The van der Waals surface area contributed by atoms with Crippen molar-refractivity contribution in [2.75, 3.05) is 39.3 Å². The largest absolute Gasteiger partial charge is 0.468 e.